The van der Waals surface area contributed by atoms with Crippen molar-refractivity contribution in [1.82, 2.24) is 5.32 Å². The summed E-state index contributed by atoms with van der Waals surface area (Å²) in [6.45, 7) is 0.153. The number of sulfone groups is 1. The van der Waals surface area contributed by atoms with E-state index >= 15 is 0 Å². The largest absolute Gasteiger partial charge is 0.459 e. The Morgan fingerprint density at radius 2 is 1.74 bits per heavy atom. The maximum Gasteiger partial charge on any atom is 0.287 e. The van der Waals surface area contributed by atoms with Crippen molar-refractivity contribution in [3.8, 4) is 0 Å². The summed E-state index contributed by atoms with van der Waals surface area (Å²) in [7, 11) is -3.59. The van der Waals surface area contributed by atoms with Gasteiger partial charge in [-0.2, -0.15) is 0 Å². The van der Waals surface area contributed by atoms with E-state index < -0.39 is 15.7 Å². The summed E-state index contributed by atoms with van der Waals surface area (Å²) in [5.74, 6) is -0.901. The molecule has 1 aromatic heterocycles. The van der Waals surface area contributed by atoms with Crippen LogP contribution in [0.3, 0.4) is 0 Å². The number of carbonyl (C=O) groups excluding carboxylic acids is 1. The molecular weight excluding hydrogens is 409 g/mol. The molecule has 3 aromatic rings. The van der Waals surface area contributed by atoms with Gasteiger partial charge in [0.1, 0.15) is 0 Å². The quantitative estimate of drug-likeness (QED) is 0.633. The minimum atomic E-state index is -3.59. The Hall–Kier alpha value is -2.28. The lowest BCUT2D eigenvalue weighted by Gasteiger charge is -2.08. The maximum absolute atomic E-state index is 12.5. The summed E-state index contributed by atoms with van der Waals surface area (Å²) in [6.07, 6.45) is 1.29. The third-order valence-corrected chi connectivity index (χ3v) is 6.12. The van der Waals surface area contributed by atoms with Crippen LogP contribution in [0.2, 0.25) is 10.0 Å². The Morgan fingerprint density at radius 1 is 1.00 bits per heavy atom. The number of furan rings is 1. The van der Waals surface area contributed by atoms with Gasteiger partial charge < -0.3 is 9.73 Å². The number of rotatable bonds is 6. The smallest absolute Gasteiger partial charge is 0.287 e. The number of amides is 1. The number of halogens is 2. The lowest BCUT2D eigenvalue weighted by atomic mass is 10.2. The minimum absolute atomic E-state index is 0.0420. The number of nitrogens with one attached hydrogen (secondary N) is 1. The molecule has 1 N–H and O–H groups in total. The monoisotopic (exact) mass is 423 g/mol. The van der Waals surface area contributed by atoms with Gasteiger partial charge >= 0.3 is 0 Å². The number of hydrogen-bond acceptors (Lipinski definition) is 4. The van der Waals surface area contributed by atoms with E-state index in [2.05, 4.69) is 5.32 Å². The van der Waals surface area contributed by atoms with Crippen LogP contribution in [0.5, 0.6) is 0 Å². The van der Waals surface area contributed by atoms with Crippen LogP contribution in [0.1, 0.15) is 21.7 Å². The third-order valence-electron chi connectivity index (χ3n) is 3.86. The van der Waals surface area contributed by atoms with Gasteiger partial charge in [0, 0.05) is 22.2 Å². The molecule has 27 heavy (non-hydrogen) atoms. The zero-order chi connectivity index (χ0) is 19.4. The van der Waals surface area contributed by atoms with Crippen molar-refractivity contribution in [3.05, 3.63) is 87.8 Å². The molecule has 0 spiro atoms. The first-order chi connectivity index (χ1) is 12.9. The number of benzene rings is 2. The molecule has 5 nitrogen and oxygen atoms in total. The third kappa shape index (κ3) is 4.71. The highest BCUT2D eigenvalue weighted by atomic mass is 35.5. The average molecular weight is 424 g/mol. The van der Waals surface area contributed by atoms with Crippen molar-refractivity contribution in [3.63, 3.8) is 0 Å². The molecule has 2 aromatic carbocycles. The Balaban J connectivity index is 1.73. The Morgan fingerprint density at radius 3 is 2.44 bits per heavy atom. The molecule has 0 aliphatic rings. The Bertz CT molecular complexity index is 1060. The van der Waals surface area contributed by atoms with E-state index in [4.69, 9.17) is 27.6 Å². The molecule has 0 saturated carbocycles. The molecule has 0 radical (unpaired) electrons. The maximum atomic E-state index is 12.5. The van der Waals surface area contributed by atoms with Gasteiger partial charge in [0.05, 0.1) is 16.9 Å². The van der Waals surface area contributed by atoms with Crippen LogP contribution < -0.4 is 5.32 Å². The van der Waals surface area contributed by atoms with E-state index in [1.54, 1.807) is 36.4 Å². The molecule has 0 fully saturated rings. The molecule has 3 rings (SSSR count). The fraction of sp³-hybridized carbons (Fsp3) is 0.105. The molecule has 140 valence electrons. The van der Waals surface area contributed by atoms with Crippen LogP contribution in [0.15, 0.2) is 70.2 Å². The average Bonchev–Trinajstić information content (AvgIpc) is 3.09. The standard InChI is InChI=1S/C19H15Cl2NO4S/c20-15-7-6-13(17(21)10-15)11-22-19(23)18-14(8-9-26-18)12-27(24,25)16-4-2-1-3-5-16/h1-10H,11-12H2,(H,22,23). The summed E-state index contributed by atoms with van der Waals surface area (Å²) in [4.78, 5) is 12.6. The minimum Gasteiger partial charge on any atom is -0.459 e. The second kappa shape index (κ2) is 8.17. The van der Waals surface area contributed by atoms with Gasteiger partial charge in [0.25, 0.3) is 5.91 Å². The topological polar surface area (TPSA) is 76.4 Å². The first-order valence-electron chi connectivity index (χ1n) is 7.93. The number of hydrogen-bond donors (Lipinski definition) is 1. The van der Waals surface area contributed by atoms with Gasteiger partial charge in [-0.05, 0) is 35.9 Å². The predicted octanol–water partition coefficient (Wildman–Crippen LogP) is 4.49. The summed E-state index contributed by atoms with van der Waals surface area (Å²) in [6, 6.07) is 14.5. The van der Waals surface area contributed by atoms with E-state index in [9.17, 15) is 13.2 Å². The molecule has 0 aliphatic carbocycles. The molecule has 1 heterocycles. The second-order valence-corrected chi connectivity index (χ2v) is 8.60. The van der Waals surface area contributed by atoms with Crippen LogP contribution in [-0.4, -0.2) is 14.3 Å². The molecule has 0 aliphatic heterocycles. The van der Waals surface area contributed by atoms with E-state index in [0.29, 0.717) is 21.2 Å². The van der Waals surface area contributed by atoms with Gasteiger partial charge in [0.15, 0.2) is 15.6 Å². The normalized spacial score (nSPS) is 11.3. The zero-order valence-corrected chi connectivity index (χ0v) is 16.3. The molecule has 8 heteroatoms. The predicted molar refractivity (Wildman–Crippen MR) is 104 cm³/mol. The fourth-order valence-electron chi connectivity index (χ4n) is 2.49. The molecule has 0 bridgehead atoms. The van der Waals surface area contributed by atoms with E-state index in [1.165, 1.54) is 24.5 Å². The van der Waals surface area contributed by atoms with Crippen LogP contribution in [-0.2, 0) is 22.1 Å². The summed E-state index contributed by atoms with van der Waals surface area (Å²) < 4.78 is 30.3. The van der Waals surface area contributed by atoms with Crippen LogP contribution in [0, 0.1) is 0 Å². The van der Waals surface area contributed by atoms with E-state index in [-0.39, 0.29) is 23.0 Å². The Kier molecular flexibility index (Phi) is 5.89. The molecule has 0 unspecified atom stereocenters. The summed E-state index contributed by atoms with van der Waals surface area (Å²) >= 11 is 11.9. The molecule has 1 amide bonds. The highest BCUT2D eigenvalue weighted by Crippen LogP contribution is 2.22. The lowest BCUT2D eigenvalue weighted by molar-refractivity contribution is 0.0922. The Labute approximate surface area is 166 Å². The van der Waals surface area contributed by atoms with Crippen molar-refractivity contribution < 1.29 is 17.6 Å². The molecule has 0 atom stereocenters. The van der Waals surface area contributed by atoms with Gasteiger partial charge in [-0.25, -0.2) is 8.42 Å². The van der Waals surface area contributed by atoms with Crippen LogP contribution in [0.4, 0.5) is 0 Å². The molecular formula is C19H15Cl2NO4S. The van der Waals surface area contributed by atoms with E-state index in [0.717, 1.165) is 0 Å². The van der Waals surface area contributed by atoms with Crippen LogP contribution in [0.25, 0.3) is 0 Å². The van der Waals surface area contributed by atoms with Crippen molar-refractivity contribution in [2.75, 3.05) is 0 Å². The highest BCUT2D eigenvalue weighted by molar-refractivity contribution is 7.90. The zero-order valence-electron chi connectivity index (χ0n) is 14.0. The lowest BCUT2D eigenvalue weighted by Crippen LogP contribution is -2.24. The second-order valence-electron chi connectivity index (χ2n) is 5.77. The molecule has 0 saturated heterocycles. The van der Waals surface area contributed by atoms with Gasteiger partial charge in [0.2, 0.25) is 0 Å². The van der Waals surface area contributed by atoms with Gasteiger partial charge in [-0.15, -0.1) is 0 Å². The number of carbonyl (C=O) groups is 1. The summed E-state index contributed by atoms with van der Waals surface area (Å²) in [5.41, 5.74) is 0.970. The van der Waals surface area contributed by atoms with Crippen molar-refractivity contribution in [2.45, 2.75) is 17.2 Å². The fourth-order valence-corrected chi connectivity index (χ4v) is 4.34. The van der Waals surface area contributed by atoms with Crippen molar-refractivity contribution in [1.29, 1.82) is 0 Å². The van der Waals surface area contributed by atoms with Crippen LogP contribution >= 0.6 is 23.2 Å². The highest BCUT2D eigenvalue weighted by Gasteiger charge is 2.22. The first-order valence-corrected chi connectivity index (χ1v) is 10.3. The van der Waals surface area contributed by atoms with Crippen molar-refractivity contribution in [2.24, 2.45) is 0 Å². The first kappa shape index (κ1) is 19.5. The van der Waals surface area contributed by atoms with Gasteiger partial charge in [-0.3, -0.25) is 4.79 Å². The van der Waals surface area contributed by atoms with E-state index in [1.807, 2.05) is 0 Å². The SMILES string of the molecule is O=C(NCc1ccc(Cl)cc1Cl)c1occc1CS(=O)(=O)c1ccccc1. The summed E-state index contributed by atoms with van der Waals surface area (Å²) in [5, 5.41) is 3.59. The van der Waals surface area contributed by atoms with Crippen molar-refractivity contribution >= 4 is 38.9 Å². The van der Waals surface area contributed by atoms with Gasteiger partial charge in [-0.1, -0.05) is 47.5 Å².